The van der Waals surface area contributed by atoms with Crippen molar-refractivity contribution in [3.8, 4) is 5.75 Å². The Hall–Kier alpha value is -2.82. The number of aliphatic imine (C=N–C) groups is 1. The normalized spacial score (nSPS) is 12.9. The maximum atomic E-state index is 12.2. The highest BCUT2D eigenvalue weighted by molar-refractivity contribution is 14.0. The molecule has 0 aromatic heterocycles. The lowest BCUT2D eigenvalue weighted by Crippen LogP contribution is -2.42. The van der Waals surface area contributed by atoms with Crippen molar-refractivity contribution in [3.63, 3.8) is 0 Å². The number of rotatable bonds is 8. The lowest BCUT2D eigenvalue weighted by Gasteiger charge is -2.29. The molecule has 0 atom stereocenters. The van der Waals surface area contributed by atoms with Gasteiger partial charge in [0.25, 0.3) is 11.8 Å². The van der Waals surface area contributed by atoms with Crippen molar-refractivity contribution in [1.29, 1.82) is 0 Å². The van der Waals surface area contributed by atoms with Crippen molar-refractivity contribution in [2.24, 2.45) is 4.99 Å². The fourth-order valence-corrected chi connectivity index (χ4v) is 3.40. The molecule has 0 fully saturated rings. The van der Waals surface area contributed by atoms with Crippen LogP contribution in [0.1, 0.15) is 22.3 Å². The quantitative estimate of drug-likeness (QED) is 0.203. The monoisotopic (exact) mass is 551 g/mol. The Morgan fingerprint density at radius 1 is 1.12 bits per heavy atom. The molecular weight excluding hydrogens is 521 g/mol. The molecule has 0 spiro atoms. The second kappa shape index (κ2) is 12.9. The third-order valence-corrected chi connectivity index (χ3v) is 5.01. The summed E-state index contributed by atoms with van der Waals surface area (Å²) in [6, 6.07) is 15.2. The van der Waals surface area contributed by atoms with Gasteiger partial charge in [0.2, 0.25) is 0 Å². The van der Waals surface area contributed by atoms with Crippen molar-refractivity contribution in [1.82, 2.24) is 16.0 Å². The van der Waals surface area contributed by atoms with Crippen molar-refractivity contribution >= 4 is 47.4 Å². The molecule has 3 N–H and O–H groups in total. The van der Waals surface area contributed by atoms with Gasteiger partial charge in [-0.2, -0.15) is 0 Å². The molecule has 8 nitrogen and oxygen atoms in total. The molecule has 0 radical (unpaired) electrons. The predicted molar refractivity (Wildman–Crippen MR) is 137 cm³/mol. The van der Waals surface area contributed by atoms with Crippen LogP contribution in [0.2, 0.25) is 0 Å². The summed E-state index contributed by atoms with van der Waals surface area (Å²) in [4.78, 5) is 30.0. The number of para-hydroxylation sites is 2. The lowest BCUT2D eigenvalue weighted by atomic mass is 10.1. The maximum absolute atomic E-state index is 12.2. The summed E-state index contributed by atoms with van der Waals surface area (Å²) in [6.07, 6.45) is 1.54. The molecule has 9 heteroatoms. The number of hydrogen-bond donors (Lipinski definition) is 3. The van der Waals surface area contributed by atoms with E-state index in [9.17, 15) is 9.59 Å². The molecule has 0 saturated heterocycles. The van der Waals surface area contributed by atoms with Gasteiger partial charge < -0.3 is 25.6 Å². The Morgan fingerprint density at radius 3 is 2.69 bits per heavy atom. The molecule has 1 aliphatic rings. The number of guanidine groups is 1. The van der Waals surface area contributed by atoms with Gasteiger partial charge in [0, 0.05) is 39.3 Å². The molecule has 2 aromatic rings. The Balaban J connectivity index is 0.00000363. The second-order valence-corrected chi connectivity index (χ2v) is 7.11. The van der Waals surface area contributed by atoms with Crippen molar-refractivity contribution in [2.45, 2.75) is 12.8 Å². The highest BCUT2D eigenvalue weighted by Crippen LogP contribution is 2.31. The van der Waals surface area contributed by atoms with E-state index in [4.69, 9.17) is 4.74 Å². The standard InChI is InChI=1S/C23H29N5O3.HI/c1-24-22(30)18-8-5-7-17(15-18)11-13-27-23(25-2)26-12-6-14-28-19-9-3-4-10-20(19)31-16-21(28)29;/h3-5,7-10,15H,6,11-14,16H2,1-2H3,(H,24,30)(H2,25,26,27);1H. The van der Waals surface area contributed by atoms with Crippen LogP contribution >= 0.6 is 24.0 Å². The third-order valence-electron chi connectivity index (χ3n) is 5.01. The Morgan fingerprint density at radius 2 is 1.91 bits per heavy atom. The average molecular weight is 551 g/mol. The number of hydrogen-bond acceptors (Lipinski definition) is 4. The Bertz CT molecular complexity index is 951. The molecule has 1 heterocycles. The van der Waals surface area contributed by atoms with E-state index >= 15 is 0 Å². The maximum Gasteiger partial charge on any atom is 0.265 e. The van der Waals surface area contributed by atoms with Crippen LogP contribution in [0, 0.1) is 0 Å². The van der Waals surface area contributed by atoms with Crippen molar-refractivity contribution in [3.05, 3.63) is 59.7 Å². The number of carbonyl (C=O) groups is 2. The highest BCUT2D eigenvalue weighted by Gasteiger charge is 2.24. The van der Waals surface area contributed by atoms with E-state index in [0.29, 0.717) is 31.2 Å². The number of benzene rings is 2. The Kier molecular flexibility index (Phi) is 10.3. The van der Waals surface area contributed by atoms with Gasteiger partial charge in [-0.05, 0) is 42.7 Å². The summed E-state index contributed by atoms with van der Waals surface area (Å²) in [5, 5.41) is 9.20. The zero-order chi connectivity index (χ0) is 22.1. The summed E-state index contributed by atoms with van der Waals surface area (Å²) < 4.78 is 5.48. The van der Waals surface area contributed by atoms with Gasteiger partial charge in [-0.25, -0.2) is 0 Å². The van der Waals surface area contributed by atoms with Gasteiger partial charge in [0.05, 0.1) is 5.69 Å². The van der Waals surface area contributed by atoms with Crippen LogP contribution in [0.5, 0.6) is 5.75 Å². The van der Waals surface area contributed by atoms with E-state index in [2.05, 4.69) is 20.9 Å². The summed E-state index contributed by atoms with van der Waals surface area (Å²) >= 11 is 0. The number of anilines is 1. The molecule has 0 aliphatic carbocycles. The smallest absolute Gasteiger partial charge is 0.265 e. The average Bonchev–Trinajstić information content (AvgIpc) is 2.81. The molecule has 0 bridgehead atoms. The minimum Gasteiger partial charge on any atom is -0.482 e. The molecule has 0 unspecified atom stereocenters. The first-order valence-electron chi connectivity index (χ1n) is 10.4. The van der Waals surface area contributed by atoms with Crippen molar-refractivity contribution < 1.29 is 14.3 Å². The number of ether oxygens (including phenoxy) is 1. The molecule has 2 aromatic carbocycles. The first-order valence-corrected chi connectivity index (χ1v) is 10.4. The number of nitrogens with zero attached hydrogens (tertiary/aromatic N) is 2. The molecule has 1 aliphatic heterocycles. The molecule has 32 heavy (non-hydrogen) atoms. The van der Waals surface area contributed by atoms with Crippen LogP contribution in [-0.2, 0) is 11.2 Å². The van der Waals surface area contributed by atoms with E-state index in [1.807, 2.05) is 42.5 Å². The van der Waals surface area contributed by atoms with E-state index < -0.39 is 0 Å². The van der Waals surface area contributed by atoms with Crippen LogP contribution in [0.15, 0.2) is 53.5 Å². The minimum atomic E-state index is -0.0892. The van der Waals surface area contributed by atoms with Gasteiger partial charge in [0.15, 0.2) is 12.6 Å². The Labute approximate surface area is 205 Å². The van der Waals surface area contributed by atoms with Crippen LogP contribution in [0.25, 0.3) is 0 Å². The largest absolute Gasteiger partial charge is 0.482 e. The number of amides is 2. The van der Waals surface area contributed by atoms with E-state index in [1.54, 1.807) is 25.1 Å². The summed E-state index contributed by atoms with van der Waals surface area (Å²) in [5.74, 6) is 1.33. The van der Waals surface area contributed by atoms with Gasteiger partial charge >= 0.3 is 0 Å². The van der Waals surface area contributed by atoms with Crippen molar-refractivity contribution in [2.75, 3.05) is 45.2 Å². The number of halogens is 1. The zero-order valence-electron chi connectivity index (χ0n) is 18.4. The number of fused-ring (bicyclic) bond motifs is 1. The summed E-state index contributed by atoms with van der Waals surface area (Å²) in [5.41, 5.74) is 2.55. The summed E-state index contributed by atoms with van der Waals surface area (Å²) in [6.45, 7) is 2.05. The third kappa shape index (κ3) is 6.84. The zero-order valence-corrected chi connectivity index (χ0v) is 20.7. The molecular formula is C23H30IN5O3. The second-order valence-electron chi connectivity index (χ2n) is 7.11. The molecule has 2 amide bonds. The SMILES string of the molecule is CN=C(NCCCN1C(=O)COc2ccccc21)NCCc1cccc(C(=O)NC)c1.I. The fourth-order valence-electron chi connectivity index (χ4n) is 3.40. The van der Waals surface area contributed by atoms with Crippen LogP contribution in [0.3, 0.4) is 0 Å². The van der Waals surface area contributed by atoms with Gasteiger partial charge in [-0.1, -0.05) is 24.3 Å². The van der Waals surface area contributed by atoms with Gasteiger partial charge in [0.1, 0.15) is 5.75 Å². The van der Waals surface area contributed by atoms with Crippen LogP contribution in [-0.4, -0.2) is 58.1 Å². The van der Waals surface area contributed by atoms with Gasteiger partial charge in [-0.3, -0.25) is 14.6 Å². The first kappa shape index (κ1) is 25.4. The lowest BCUT2D eigenvalue weighted by molar-refractivity contribution is -0.121. The molecule has 3 rings (SSSR count). The molecule has 172 valence electrons. The predicted octanol–water partition coefficient (Wildman–Crippen LogP) is 2.19. The number of nitrogens with one attached hydrogen (secondary N) is 3. The first-order chi connectivity index (χ1) is 15.1. The molecule has 0 saturated carbocycles. The minimum absolute atomic E-state index is 0. The van der Waals surface area contributed by atoms with Gasteiger partial charge in [-0.15, -0.1) is 24.0 Å². The van der Waals surface area contributed by atoms with E-state index in [-0.39, 0.29) is 42.4 Å². The number of carbonyl (C=O) groups excluding carboxylic acids is 2. The highest BCUT2D eigenvalue weighted by atomic mass is 127. The topological polar surface area (TPSA) is 95.1 Å². The summed E-state index contributed by atoms with van der Waals surface area (Å²) in [7, 11) is 3.35. The van der Waals surface area contributed by atoms with E-state index in [1.165, 1.54) is 0 Å². The van der Waals surface area contributed by atoms with Crippen LogP contribution < -0.4 is 25.6 Å². The van der Waals surface area contributed by atoms with E-state index in [0.717, 1.165) is 29.8 Å². The fraction of sp³-hybridized carbons (Fsp3) is 0.348. The van der Waals surface area contributed by atoms with Crippen LogP contribution in [0.4, 0.5) is 5.69 Å².